The van der Waals surface area contributed by atoms with Crippen LogP contribution in [0.3, 0.4) is 0 Å². The van der Waals surface area contributed by atoms with E-state index in [1.807, 2.05) is 0 Å². The van der Waals surface area contributed by atoms with Crippen molar-refractivity contribution >= 4 is 17.6 Å². The Morgan fingerprint density at radius 2 is 2.11 bits per heavy atom. The number of nitrogens with one attached hydrogen (secondary N) is 1. The monoisotopic (exact) mass is 251 g/mol. The predicted octanol–water partition coefficient (Wildman–Crippen LogP) is 1.98. The highest BCUT2D eigenvalue weighted by atomic mass is 16.5. The Balaban J connectivity index is 2.38. The largest absolute Gasteiger partial charge is 0.494 e. The van der Waals surface area contributed by atoms with Gasteiger partial charge < -0.3 is 14.8 Å². The van der Waals surface area contributed by atoms with E-state index in [-0.39, 0.29) is 11.9 Å². The minimum atomic E-state index is -0.245. The number of benzene rings is 1. The van der Waals surface area contributed by atoms with Gasteiger partial charge in [-0.25, -0.2) is 0 Å². The number of amides is 1. The van der Waals surface area contributed by atoms with Crippen LogP contribution in [0.1, 0.15) is 19.8 Å². The van der Waals surface area contributed by atoms with E-state index in [1.165, 1.54) is 14.0 Å². The Morgan fingerprint density at radius 3 is 2.78 bits per heavy atom. The van der Waals surface area contributed by atoms with Crippen LogP contribution in [-0.2, 0) is 14.3 Å². The fourth-order valence-corrected chi connectivity index (χ4v) is 1.38. The van der Waals surface area contributed by atoms with E-state index < -0.39 is 0 Å². The van der Waals surface area contributed by atoms with Gasteiger partial charge in [-0.1, -0.05) is 6.07 Å². The maximum Gasteiger partial charge on any atom is 0.305 e. The van der Waals surface area contributed by atoms with Gasteiger partial charge in [0.15, 0.2) is 0 Å². The molecule has 0 radical (unpaired) electrons. The molecule has 5 heteroatoms. The minimum Gasteiger partial charge on any atom is -0.494 e. The summed E-state index contributed by atoms with van der Waals surface area (Å²) in [7, 11) is 1.36. The smallest absolute Gasteiger partial charge is 0.305 e. The highest BCUT2D eigenvalue weighted by molar-refractivity contribution is 5.88. The van der Waals surface area contributed by atoms with Crippen LogP contribution < -0.4 is 10.1 Å². The minimum absolute atomic E-state index is 0.127. The predicted molar refractivity (Wildman–Crippen MR) is 67.5 cm³/mol. The summed E-state index contributed by atoms with van der Waals surface area (Å²) < 4.78 is 9.99. The van der Waals surface area contributed by atoms with Gasteiger partial charge in [0.25, 0.3) is 0 Å². The molecule has 0 aliphatic heterocycles. The van der Waals surface area contributed by atoms with Crippen LogP contribution in [0.4, 0.5) is 5.69 Å². The van der Waals surface area contributed by atoms with Crippen LogP contribution >= 0.6 is 0 Å². The third-order valence-corrected chi connectivity index (χ3v) is 2.18. The molecule has 5 nitrogen and oxygen atoms in total. The lowest BCUT2D eigenvalue weighted by atomic mass is 10.3. The number of hydrogen-bond acceptors (Lipinski definition) is 4. The number of hydrogen-bond donors (Lipinski definition) is 1. The van der Waals surface area contributed by atoms with Gasteiger partial charge in [0, 0.05) is 25.1 Å². The van der Waals surface area contributed by atoms with Crippen molar-refractivity contribution in [2.45, 2.75) is 19.8 Å². The Hall–Kier alpha value is -2.04. The summed E-state index contributed by atoms with van der Waals surface area (Å²) >= 11 is 0. The molecule has 0 bridgehead atoms. The standard InChI is InChI=1S/C13H17NO4/c1-10(15)14-11-5-3-6-12(9-11)18-8-4-7-13(16)17-2/h3,5-6,9H,4,7-8H2,1-2H3,(H,14,15). The van der Waals surface area contributed by atoms with E-state index in [4.69, 9.17) is 4.74 Å². The van der Waals surface area contributed by atoms with Gasteiger partial charge in [-0.2, -0.15) is 0 Å². The van der Waals surface area contributed by atoms with Crippen molar-refractivity contribution in [3.05, 3.63) is 24.3 Å². The molecule has 0 aromatic heterocycles. The summed E-state index contributed by atoms with van der Waals surface area (Å²) in [5.74, 6) is 0.287. The van der Waals surface area contributed by atoms with Gasteiger partial charge in [-0.15, -0.1) is 0 Å². The van der Waals surface area contributed by atoms with Gasteiger partial charge in [0.05, 0.1) is 13.7 Å². The number of rotatable bonds is 6. The number of ether oxygens (including phenoxy) is 2. The van der Waals surface area contributed by atoms with E-state index in [2.05, 4.69) is 10.1 Å². The topological polar surface area (TPSA) is 64.6 Å². The molecule has 1 amide bonds. The summed E-state index contributed by atoms with van der Waals surface area (Å²) in [5, 5.41) is 2.67. The van der Waals surface area contributed by atoms with Crippen LogP contribution in [0, 0.1) is 0 Å². The van der Waals surface area contributed by atoms with Gasteiger partial charge in [-0.3, -0.25) is 9.59 Å². The number of carbonyl (C=O) groups is 2. The first kappa shape index (κ1) is 14.0. The molecule has 1 aromatic rings. The lowest BCUT2D eigenvalue weighted by molar-refractivity contribution is -0.140. The molecule has 0 saturated heterocycles. The fourth-order valence-electron chi connectivity index (χ4n) is 1.38. The molecule has 0 heterocycles. The second-order valence-corrected chi connectivity index (χ2v) is 3.74. The second kappa shape index (κ2) is 7.32. The molecular formula is C13H17NO4. The van der Waals surface area contributed by atoms with Gasteiger partial charge in [-0.05, 0) is 18.6 Å². The van der Waals surface area contributed by atoms with Crippen molar-refractivity contribution in [2.24, 2.45) is 0 Å². The van der Waals surface area contributed by atoms with E-state index in [0.717, 1.165) is 0 Å². The molecule has 1 aromatic carbocycles. The molecule has 1 N–H and O–H groups in total. The van der Waals surface area contributed by atoms with Crippen molar-refractivity contribution in [3.8, 4) is 5.75 Å². The first-order chi connectivity index (χ1) is 8.61. The van der Waals surface area contributed by atoms with E-state index >= 15 is 0 Å². The molecule has 98 valence electrons. The van der Waals surface area contributed by atoms with E-state index in [0.29, 0.717) is 30.9 Å². The van der Waals surface area contributed by atoms with Crippen LogP contribution in [0.25, 0.3) is 0 Å². The highest BCUT2D eigenvalue weighted by Crippen LogP contribution is 2.17. The molecular weight excluding hydrogens is 234 g/mol. The SMILES string of the molecule is COC(=O)CCCOc1cccc(NC(C)=O)c1. The number of carbonyl (C=O) groups excluding carboxylic acids is 2. The van der Waals surface area contributed by atoms with Crippen molar-refractivity contribution < 1.29 is 19.1 Å². The van der Waals surface area contributed by atoms with Gasteiger partial charge >= 0.3 is 5.97 Å². The zero-order valence-electron chi connectivity index (χ0n) is 10.6. The average Bonchev–Trinajstić information content (AvgIpc) is 2.34. The van der Waals surface area contributed by atoms with Crippen LogP contribution in [0.15, 0.2) is 24.3 Å². The lowest BCUT2D eigenvalue weighted by Crippen LogP contribution is -2.06. The normalized spacial score (nSPS) is 9.67. The van der Waals surface area contributed by atoms with Crippen LogP contribution in [-0.4, -0.2) is 25.6 Å². The second-order valence-electron chi connectivity index (χ2n) is 3.74. The molecule has 0 spiro atoms. The molecule has 0 atom stereocenters. The van der Waals surface area contributed by atoms with Crippen molar-refractivity contribution in [1.82, 2.24) is 0 Å². The van der Waals surface area contributed by atoms with Crippen molar-refractivity contribution in [1.29, 1.82) is 0 Å². The summed E-state index contributed by atoms with van der Waals surface area (Å²) in [6.07, 6.45) is 0.929. The number of anilines is 1. The number of esters is 1. The zero-order valence-corrected chi connectivity index (χ0v) is 10.6. The Morgan fingerprint density at radius 1 is 1.33 bits per heavy atom. The third kappa shape index (κ3) is 5.34. The first-order valence-corrected chi connectivity index (χ1v) is 5.69. The summed E-state index contributed by atoms with van der Waals surface area (Å²) in [5.41, 5.74) is 0.688. The molecule has 0 unspecified atom stereocenters. The average molecular weight is 251 g/mol. The molecule has 0 fully saturated rings. The van der Waals surface area contributed by atoms with E-state index in [9.17, 15) is 9.59 Å². The number of methoxy groups -OCH3 is 1. The molecule has 1 rings (SSSR count). The summed E-state index contributed by atoms with van der Waals surface area (Å²) in [6, 6.07) is 7.10. The maximum absolute atomic E-state index is 10.9. The molecule has 18 heavy (non-hydrogen) atoms. The fraction of sp³-hybridized carbons (Fsp3) is 0.385. The highest BCUT2D eigenvalue weighted by Gasteiger charge is 2.01. The van der Waals surface area contributed by atoms with Crippen LogP contribution in [0.5, 0.6) is 5.75 Å². The Labute approximate surface area is 106 Å². The molecule has 0 aliphatic carbocycles. The Bertz CT molecular complexity index is 417. The molecule has 0 aliphatic rings. The summed E-state index contributed by atoms with van der Waals surface area (Å²) in [4.78, 5) is 21.8. The van der Waals surface area contributed by atoms with Gasteiger partial charge in [0.1, 0.15) is 5.75 Å². The molecule has 0 saturated carbocycles. The van der Waals surface area contributed by atoms with Crippen LogP contribution in [0.2, 0.25) is 0 Å². The van der Waals surface area contributed by atoms with Gasteiger partial charge in [0.2, 0.25) is 5.91 Å². The Kier molecular flexibility index (Phi) is 5.70. The van der Waals surface area contributed by atoms with Crippen molar-refractivity contribution in [3.63, 3.8) is 0 Å². The first-order valence-electron chi connectivity index (χ1n) is 5.69. The lowest BCUT2D eigenvalue weighted by Gasteiger charge is -2.08. The van der Waals surface area contributed by atoms with E-state index in [1.54, 1.807) is 24.3 Å². The maximum atomic E-state index is 10.9. The zero-order chi connectivity index (χ0) is 13.4. The third-order valence-electron chi connectivity index (χ3n) is 2.18. The van der Waals surface area contributed by atoms with Crippen molar-refractivity contribution in [2.75, 3.05) is 19.0 Å². The summed E-state index contributed by atoms with van der Waals surface area (Å²) in [6.45, 7) is 1.88. The quantitative estimate of drug-likeness (QED) is 0.620.